The molecule has 0 fully saturated rings. The Hall–Kier alpha value is 0.567. The fraction of sp³-hybridized carbons (Fsp3) is 1.00. The highest BCUT2D eigenvalue weighted by Crippen LogP contribution is 2.13. The van der Waals surface area contributed by atoms with Gasteiger partial charge in [0.15, 0.2) is 0 Å². The van der Waals surface area contributed by atoms with E-state index in [9.17, 15) is 0 Å². The lowest BCUT2D eigenvalue weighted by atomic mass is 10.0. The minimum Gasteiger partial charge on any atom is -0.179 e. The summed E-state index contributed by atoms with van der Waals surface area (Å²) in [5, 5.41) is 0. The van der Waals surface area contributed by atoms with E-state index in [-0.39, 0.29) is 0 Å². The van der Waals surface area contributed by atoms with Crippen LogP contribution in [0.4, 0.5) is 0 Å². The van der Waals surface area contributed by atoms with Crippen LogP contribution in [0.2, 0.25) is 6.04 Å². The molecule has 0 nitrogen and oxygen atoms in total. The minimum atomic E-state index is 1.07. The SMILES string of the molecule is [SiH3]CCCCCCCCCCCCCCCCCS. The van der Waals surface area contributed by atoms with Gasteiger partial charge in [-0.15, -0.1) is 0 Å². The summed E-state index contributed by atoms with van der Waals surface area (Å²) in [6.45, 7) is 0. The van der Waals surface area contributed by atoms with Crippen LogP contribution in [0.15, 0.2) is 0 Å². The van der Waals surface area contributed by atoms with Crippen LogP contribution >= 0.6 is 12.6 Å². The summed E-state index contributed by atoms with van der Waals surface area (Å²) in [4.78, 5) is 0. The molecule has 0 aliphatic heterocycles. The predicted molar refractivity (Wildman–Crippen MR) is 97.9 cm³/mol. The lowest BCUT2D eigenvalue weighted by Crippen LogP contribution is -1.84. The summed E-state index contributed by atoms with van der Waals surface area (Å²) in [6, 6.07) is 1.51. The molecule has 0 N–H and O–H groups in total. The average Bonchev–Trinajstić information content (AvgIpc) is 2.43. The zero-order chi connectivity index (χ0) is 14.0. The maximum absolute atomic E-state index is 4.24. The van der Waals surface area contributed by atoms with Crippen molar-refractivity contribution in [2.75, 3.05) is 5.75 Å². The van der Waals surface area contributed by atoms with Crippen molar-refractivity contribution in [3.05, 3.63) is 0 Å². The Bertz CT molecular complexity index is 134. The van der Waals surface area contributed by atoms with Gasteiger partial charge in [0.25, 0.3) is 0 Å². The summed E-state index contributed by atoms with van der Waals surface area (Å²) in [5.41, 5.74) is 0. The standard InChI is InChI=1S/C17H38SSi/c18-16-14-12-10-8-6-4-2-1-3-5-7-9-11-13-15-17-19/h18H,1-17H2,19H3. The fourth-order valence-electron chi connectivity index (χ4n) is 2.66. The lowest BCUT2D eigenvalue weighted by molar-refractivity contribution is 0.535. The second-order valence-electron chi connectivity index (χ2n) is 6.03. The first-order valence-corrected chi connectivity index (χ1v) is 11.1. The van der Waals surface area contributed by atoms with Gasteiger partial charge >= 0.3 is 0 Å². The van der Waals surface area contributed by atoms with Crippen LogP contribution in [0.3, 0.4) is 0 Å². The molecule has 0 radical (unpaired) electrons. The number of hydrogen-bond acceptors (Lipinski definition) is 1. The highest BCUT2D eigenvalue weighted by molar-refractivity contribution is 7.80. The first-order chi connectivity index (χ1) is 9.41. The van der Waals surface area contributed by atoms with Crippen molar-refractivity contribution < 1.29 is 0 Å². The van der Waals surface area contributed by atoms with Gasteiger partial charge in [0, 0.05) is 10.2 Å². The van der Waals surface area contributed by atoms with Gasteiger partial charge in [-0.1, -0.05) is 95.9 Å². The molecule has 0 aromatic carbocycles. The molecule has 0 bridgehead atoms. The van der Waals surface area contributed by atoms with Gasteiger partial charge in [-0.25, -0.2) is 0 Å². The van der Waals surface area contributed by atoms with E-state index >= 15 is 0 Å². The smallest absolute Gasteiger partial charge is 0.00279 e. The summed E-state index contributed by atoms with van der Waals surface area (Å²) in [7, 11) is 1.41. The molecule has 0 rings (SSSR count). The molecule has 0 atom stereocenters. The van der Waals surface area contributed by atoms with E-state index in [1.807, 2.05) is 0 Å². The van der Waals surface area contributed by atoms with Crippen molar-refractivity contribution >= 4 is 22.9 Å². The quantitative estimate of drug-likeness (QED) is 0.216. The van der Waals surface area contributed by atoms with Crippen LogP contribution in [0, 0.1) is 0 Å². The molecule has 0 saturated carbocycles. The average molecular weight is 303 g/mol. The molecule has 0 saturated heterocycles. The van der Waals surface area contributed by atoms with E-state index in [0.717, 1.165) is 5.75 Å². The Morgan fingerprint density at radius 3 is 0.947 bits per heavy atom. The summed E-state index contributed by atoms with van der Waals surface area (Å²) in [6.07, 6.45) is 21.9. The Morgan fingerprint density at radius 2 is 0.684 bits per heavy atom. The topological polar surface area (TPSA) is 0 Å². The second-order valence-corrected chi connectivity index (χ2v) is 7.47. The molecule has 2 heteroatoms. The van der Waals surface area contributed by atoms with E-state index in [1.165, 1.54) is 113 Å². The Balaban J connectivity index is 2.88. The Labute approximate surface area is 131 Å². The van der Waals surface area contributed by atoms with Gasteiger partial charge in [-0.2, -0.15) is 12.6 Å². The molecule has 0 aliphatic rings. The molecular formula is C17H38SSi. The fourth-order valence-corrected chi connectivity index (χ4v) is 3.38. The van der Waals surface area contributed by atoms with E-state index in [0.29, 0.717) is 0 Å². The van der Waals surface area contributed by atoms with Crippen LogP contribution in [0.5, 0.6) is 0 Å². The number of rotatable bonds is 16. The monoisotopic (exact) mass is 302 g/mol. The van der Waals surface area contributed by atoms with Crippen LogP contribution in [0.1, 0.15) is 96.3 Å². The Kier molecular flexibility index (Phi) is 19.1. The predicted octanol–water partition coefficient (Wildman–Crippen LogP) is 5.55. The van der Waals surface area contributed by atoms with Crippen molar-refractivity contribution in [1.29, 1.82) is 0 Å². The summed E-state index contributed by atoms with van der Waals surface area (Å²) in [5.74, 6) is 1.07. The molecule has 0 aliphatic carbocycles. The molecule has 0 aromatic heterocycles. The largest absolute Gasteiger partial charge is 0.179 e. The van der Waals surface area contributed by atoms with Gasteiger partial charge in [0.1, 0.15) is 0 Å². The van der Waals surface area contributed by atoms with Crippen LogP contribution in [-0.2, 0) is 0 Å². The van der Waals surface area contributed by atoms with Crippen LogP contribution in [-0.4, -0.2) is 16.0 Å². The van der Waals surface area contributed by atoms with Crippen LogP contribution in [0.25, 0.3) is 0 Å². The molecule has 0 aromatic rings. The molecule has 0 unspecified atom stereocenters. The number of thiol groups is 1. The maximum Gasteiger partial charge on any atom is 0.00279 e. The maximum atomic E-state index is 4.24. The second kappa shape index (κ2) is 18.6. The molecule has 0 heterocycles. The number of unbranched alkanes of at least 4 members (excludes halogenated alkanes) is 14. The van der Waals surface area contributed by atoms with Crippen molar-refractivity contribution in [1.82, 2.24) is 0 Å². The van der Waals surface area contributed by atoms with Gasteiger partial charge < -0.3 is 0 Å². The van der Waals surface area contributed by atoms with Crippen LogP contribution < -0.4 is 0 Å². The van der Waals surface area contributed by atoms with E-state index in [4.69, 9.17) is 0 Å². The van der Waals surface area contributed by atoms with Crippen molar-refractivity contribution in [3.63, 3.8) is 0 Å². The van der Waals surface area contributed by atoms with E-state index in [2.05, 4.69) is 12.6 Å². The van der Waals surface area contributed by atoms with Gasteiger partial charge in [-0.3, -0.25) is 0 Å². The third-order valence-corrected chi connectivity index (χ3v) is 5.04. The lowest BCUT2D eigenvalue weighted by Gasteiger charge is -2.03. The highest BCUT2D eigenvalue weighted by Gasteiger charge is 1.94. The number of hydrogen-bond donors (Lipinski definition) is 1. The van der Waals surface area contributed by atoms with Crippen molar-refractivity contribution in [3.8, 4) is 0 Å². The highest BCUT2D eigenvalue weighted by atomic mass is 32.1. The molecule has 116 valence electrons. The van der Waals surface area contributed by atoms with Gasteiger partial charge in [0.05, 0.1) is 0 Å². The van der Waals surface area contributed by atoms with Gasteiger partial charge in [0.2, 0.25) is 0 Å². The summed E-state index contributed by atoms with van der Waals surface area (Å²) < 4.78 is 0. The normalized spacial score (nSPS) is 11.2. The first kappa shape index (κ1) is 19.6. The van der Waals surface area contributed by atoms with Gasteiger partial charge in [-0.05, 0) is 12.2 Å². The Morgan fingerprint density at radius 1 is 0.421 bits per heavy atom. The molecule has 0 spiro atoms. The van der Waals surface area contributed by atoms with E-state index in [1.54, 1.807) is 0 Å². The third kappa shape index (κ3) is 18.6. The molecule has 19 heavy (non-hydrogen) atoms. The molecule has 0 amide bonds. The first-order valence-electron chi connectivity index (χ1n) is 9.02. The zero-order valence-corrected chi connectivity index (χ0v) is 16.4. The van der Waals surface area contributed by atoms with Crippen molar-refractivity contribution in [2.45, 2.75) is 102 Å². The summed E-state index contributed by atoms with van der Waals surface area (Å²) >= 11 is 4.24. The molecular weight excluding hydrogens is 264 g/mol. The van der Waals surface area contributed by atoms with E-state index < -0.39 is 0 Å². The zero-order valence-electron chi connectivity index (χ0n) is 13.5. The van der Waals surface area contributed by atoms with Crippen molar-refractivity contribution in [2.24, 2.45) is 0 Å². The third-order valence-electron chi connectivity index (χ3n) is 4.01. The minimum absolute atomic E-state index is 1.07.